The smallest absolute Gasteiger partial charge is 0.413 e. The first kappa shape index (κ1) is 27.0. The molecule has 1 saturated heterocycles. The van der Waals surface area contributed by atoms with Crippen LogP contribution in [-0.4, -0.2) is 58.6 Å². The van der Waals surface area contributed by atoms with Gasteiger partial charge in [0.1, 0.15) is 11.6 Å². The molecule has 0 radical (unpaired) electrons. The maximum atomic E-state index is 13.2. The minimum atomic E-state index is -4.70. The van der Waals surface area contributed by atoms with Gasteiger partial charge in [-0.2, -0.15) is 13.2 Å². The first-order valence-corrected chi connectivity index (χ1v) is 12.0. The summed E-state index contributed by atoms with van der Waals surface area (Å²) in [5, 5.41) is 19.9. The van der Waals surface area contributed by atoms with Gasteiger partial charge in [0.15, 0.2) is 0 Å². The molecule has 38 heavy (non-hydrogen) atoms. The van der Waals surface area contributed by atoms with Crippen LogP contribution in [0.2, 0.25) is 0 Å². The maximum absolute atomic E-state index is 13.2. The van der Waals surface area contributed by atoms with E-state index < -0.39 is 23.9 Å². The summed E-state index contributed by atoms with van der Waals surface area (Å²) in [6, 6.07) is 9.90. The van der Waals surface area contributed by atoms with Crippen molar-refractivity contribution in [2.75, 3.05) is 30.0 Å². The van der Waals surface area contributed by atoms with E-state index in [9.17, 15) is 27.9 Å². The lowest BCUT2D eigenvalue weighted by atomic mass is 9.88. The number of rotatable bonds is 6. The number of piperidine rings is 1. The number of aromatic hydroxyl groups is 1. The Balaban J connectivity index is 1.51. The zero-order valence-electron chi connectivity index (χ0n) is 20.8. The molecular formula is C26H28F3N5O4. The Morgan fingerprint density at radius 2 is 1.84 bits per heavy atom. The number of aliphatic imine (C=N–C) groups is 1. The van der Waals surface area contributed by atoms with Gasteiger partial charge in [-0.15, -0.1) is 0 Å². The molecule has 0 atom stereocenters. The number of carboxylic acids is 1. The van der Waals surface area contributed by atoms with Crippen LogP contribution in [-0.2, 0) is 9.59 Å². The van der Waals surface area contributed by atoms with Gasteiger partial charge in [-0.1, -0.05) is 18.2 Å². The lowest BCUT2D eigenvalue weighted by molar-refractivity contribution is -0.138. The Kier molecular flexibility index (Phi) is 7.63. The number of aryl methyl sites for hydroxylation is 2. The van der Waals surface area contributed by atoms with Crippen molar-refractivity contribution in [1.29, 1.82) is 0 Å². The lowest BCUT2D eigenvalue weighted by Gasteiger charge is -2.31. The number of alkyl halides is 3. The van der Waals surface area contributed by atoms with E-state index >= 15 is 0 Å². The number of aliphatic carboxylic acids is 1. The van der Waals surface area contributed by atoms with Crippen LogP contribution in [0.15, 0.2) is 53.3 Å². The van der Waals surface area contributed by atoms with Gasteiger partial charge in [-0.3, -0.25) is 30.2 Å². The van der Waals surface area contributed by atoms with E-state index in [1.165, 1.54) is 0 Å². The summed E-state index contributed by atoms with van der Waals surface area (Å²) in [7, 11) is 0. The molecule has 0 saturated carbocycles. The Morgan fingerprint density at radius 1 is 1.13 bits per heavy atom. The summed E-state index contributed by atoms with van der Waals surface area (Å²) in [6.07, 6.45) is -3.44. The number of anilines is 2. The lowest BCUT2D eigenvalue weighted by Crippen LogP contribution is -2.39. The number of carbonyl (C=O) groups is 2. The fraction of sp³-hybridized carbons (Fsp3) is 0.346. The van der Waals surface area contributed by atoms with Crippen LogP contribution in [0, 0.1) is 13.8 Å². The Bertz CT molecular complexity index is 1300. The first-order chi connectivity index (χ1) is 17.9. The van der Waals surface area contributed by atoms with E-state index in [2.05, 4.69) is 15.8 Å². The third-order valence-corrected chi connectivity index (χ3v) is 6.67. The number of allylic oxidation sites excluding steroid dienone is 1. The minimum absolute atomic E-state index is 0.00571. The summed E-state index contributed by atoms with van der Waals surface area (Å²) in [6.45, 7) is 4.75. The van der Waals surface area contributed by atoms with Crippen LogP contribution >= 0.6 is 0 Å². The number of para-hydroxylation sites is 1. The number of nitrogens with zero attached hydrogens (tertiary/aromatic N) is 3. The van der Waals surface area contributed by atoms with Crippen molar-refractivity contribution >= 4 is 29.1 Å². The van der Waals surface area contributed by atoms with Crippen molar-refractivity contribution in [3.8, 4) is 5.75 Å². The van der Waals surface area contributed by atoms with Gasteiger partial charge in [-0.05, 0) is 80.6 Å². The number of benzene rings is 2. The molecule has 12 heteroatoms. The third-order valence-electron chi connectivity index (χ3n) is 6.67. The van der Waals surface area contributed by atoms with Crippen LogP contribution in [0.4, 0.5) is 24.5 Å². The normalized spacial score (nSPS) is 18.1. The first-order valence-electron chi connectivity index (χ1n) is 12.0. The Morgan fingerprint density at radius 3 is 2.47 bits per heavy atom. The Labute approximate surface area is 217 Å². The number of phenolic OH excluding ortho intramolecular Hbond substituents is 1. The highest BCUT2D eigenvalue weighted by atomic mass is 19.4. The second kappa shape index (κ2) is 10.7. The largest absolute Gasteiger partial charge is 0.505 e. The van der Waals surface area contributed by atoms with E-state index in [4.69, 9.17) is 5.11 Å². The number of hydrogen-bond donors (Lipinski definition) is 4. The zero-order valence-corrected chi connectivity index (χ0v) is 20.8. The SMILES string of the molecule is Cc1ccc(N2C(=O)C(NNc3cccc(C4CCN(CC(=O)O)CC4)c3O)=NC2=CC(F)(F)F)cc1C. The van der Waals surface area contributed by atoms with Gasteiger partial charge in [0, 0.05) is 0 Å². The highest BCUT2D eigenvalue weighted by Gasteiger charge is 2.36. The monoisotopic (exact) mass is 531 g/mol. The molecule has 1 amide bonds. The van der Waals surface area contributed by atoms with Crippen molar-refractivity contribution < 1.29 is 33.0 Å². The number of carbonyl (C=O) groups excluding carboxylic acids is 1. The quantitative estimate of drug-likeness (QED) is 0.328. The number of hydrogen-bond acceptors (Lipinski definition) is 7. The number of halogens is 3. The van der Waals surface area contributed by atoms with Crippen molar-refractivity contribution in [1.82, 2.24) is 10.3 Å². The van der Waals surface area contributed by atoms with E-state index in [1.807, 2.05) is 11.8 Å². The van der Waals surface area contributed by atoms with Gasteiger partial charge in [0.25, 0.3) is 0 Å². The highest BCUT2D eigenvalue weighted by molar-refractivity contribution is 6.46. The molecule has 2 aromatic carbocycles. The second-order valence-electron chi connectivity index (χ2n) is 9.35. The van der Waals surface area contributed by atoms with Gasteiger partial charge < -0.3 is 10.2 Å². The highest BCUT2D eigenvalue weighted by Crippen LogP contribution is 2.38. The second-order valence-corrected chi connectivity index (χ2v) is 9.35. The molecule has 0 bridgehead atoms. The number of phenols is 1. The van der Waals surface area contributed by atoms with Crippen LogP contribution < -0.4 is 15.8 Å². The number of amides is 1. The van der Waals surface area contributed by atoms with Gasteiger partial charge in [0.2, 0.25) is 5.84 Å². The summed E-state index contributed by atoms with van der Waals surface area (Å²) in [4.78, 5) is 30.6. The van der Waals surface area contributed by atoms with Crippen LogP contribution in [0.1, 0.15) is 35.4 Å². The number of nitrogens with one attached hydrogen (secondary N) is 2. The molecule has 2 heterocycles. The number of hydrazine groups is 1. The topological polar surface area (TPSA) is 118 Å². The van der Waals surface area contributed by atoms with Gasteiger partial charge >= 0.3 is 18.1 Å². The minimum Gasteiger partial charge on any atom is -0.505 e. The van der Waals surface area contributed by atoms with E-state index in [0.717, 1.165) is 16.0 Å². The van der Waals surface area contributed by atoms with Crippen molar-refractivity contribution in [3.05, 3.63) is 65.0 Å². The summed E-state index contributed by atoms with van der Waals surface area (Å²) >= 11 is 0. The predicted octanol–water partition coefficient (Wildman–Crippen LogP) is 4.04. The zero-order chi connectivity index (χ0) is 27.6. The van der Waals surface area contributed by atoms with E-state index in [1.54, 1.807) is 43.3 Å². The molecule has 9 nitrogen and oxygen atoms in total. The van der Waals surface area contributed by atoms with Gasteiger partial charge in [-0.25, -0.2) is 4.99 Å². The molecular weight excluding hydrogens is 503 g/mol. The van der Waals surface area contributed by atoms with Crippen LogP contribution in [0.25, 0.3) is 0 Å². The fourth-order valence-corrected chi connectivity index (χ4v) is 4.57. The molecule has 0 unspecified atom stereocenters. The van der Waals surface area contributed by atoms with Crippen LogP contribution in [0.5, 0.6) is 5.75 Å². The Hall–Kier alpha value is -4.06. The number of carboxylic acid groups (broad SMARTS) is 1. The molecule has 0 aliphatic carbocycles. The number of likely N-dealkylation sites (tertiary alicyclic amines) is 1. The predicted molar refractivity (Wildman–Crippen MR) is 136 cm³/mol. The number of amidine groups is 1. The van der Waals surface area contributed by atoms with Crippen LogP contribution in [0.3, 0.4) is 0 Å². The summed E-state index contributed by atoms with van der Waals surface area (Å²) < 4.78 is 39.7. The molecule has 0 aromatic heterocycles. The molecule has 0 spiro atoms. The van der Waals surface area contributed by atoms with Crippen molar-refractivity contribution in [3.63, 3.8) is 0 Å². The van der Waals surface area contributed by atoms with Crippen molar-refractivity contribution in [2.45, 2.75) is 38.8 Å². The molecule has 2 aromatic rings. The van der Waals surface area contributed by atoms with Gasteiger partial charge in [0.05, 0.1) is 24.0 Å². The maximum Gasteiger partial charge on any atom is 0.413 e. The molecule has 2 aliphatic rings. The standard InChI is InChI=1S/C26H28F3N5O4/c1-15-6-7-18(12-16(15)2)34-21(13-26(27,28)29)30-24(25(34)38)32-31-20-5-3-4-19(23(20)37)17-8-10-33(11-9-17)14-22(35)36/h3-7,12-13,17,31,37H,8-11,14H2,1-2H3,(H,30,32)(H,35,36). The molecule has 4 rings (SSSR count). The average molecular weight is 532 g/mol. The molecule has 202 valence electrons. The fourth-order valence-electron chi connectivity index (χ4n) is 4.57. The summed E-state index contributed by atoms with van der Waals surface area (Å²) in [5.74, 6) is -2.71. The van der Waals surface area contributed by atoms with E-state index in [-0.39, 0.29) is 41.5 Å². The van der Waals surface area contributed by atoms with E-state index in [0.29, 0.717) is 31.5 Å². The third kappa shape index (κ3) is 6.08. The van der Waals surface area contributed by atoms with Crippen molar-refractivity contribution in [2.24, 2.45) is 4.99 Å². The molecule has 1 fully saturated rings. The summed E-state index contributed by atoms with van der Waals surface area (Å²) in [5.41, 5.74) is 8.10. The molecule has 4 N–H and O–H groups in total. The molecule has 2 aliphatic heterocycles. The average Bonchev–Trinajstić information content (AvgIpc) is 3.13.